The smallest absolute Gasteiger partial charge is 0.242 e. The number of amides is 2. The number of carbonyl (C=O) groups excluding carboxylic acids is 2. The van der Waals surface area contributed by atoms with Crippen molar-refractivity contribution in [3.05, 3.63) is 65.5 Å². The minimum atomic E-state index is -0.246. The van der Waals surface area contributed by atoms with Crippen molar-refractivity contribution in [2.24, 2.45) is 5.92 Å². The van der Waals surface area contributed by atoms with E-state index in [1.807, 2.05) is 30.3 Å². The summed E-state index contributed by atoms with van der Waals surface area (Å²) in [6.45, 7) is 0.445. The van der Waals surface area contributed by atoms with Crippen LogP contribution in [0.25, 0.3) is 0 Å². The zero-order valence-electron chi connectivity index (χ0n) is 19.4. The molecular formula is C28H31N3O3. The molecule has 0 bridgehead atoms. The van der Waals surface area contributed by atoms with Crippen molar-refractivity contribution < 1.29 is 14.7 Å². The van der Waals surface area contributed by atoms with E-state index in [4.69, 9.17) is 0 Å². The molecule has 1 saturated carbocycles. The number of aromatic nitrogens is 1. The molecule has 6 heteroatoms. The van der Waals surface area contributed by atoms with Gasteiger partial charge in [-0.25, -0.2) is 0 Å². The Balaban J connectivity index is 1.26. The Kier molecular flexibility index (Phi) is 6.64. The summed E-state index contributed by atoms with van der Waals surface area (Å²) in [5.74, 6) is 7.18. The van der Waals surface area contributed by atoms with Gasteiger partial charge in [-0.05, 0) is 48.6 Å². The van der Waals surface area contributed by atoms with Gasteiger partial charge in [0.1, 0.15) is 0 Å². The van der Waals surface area contributed by atoms with E-state index in [2.05, 4.69) is 29.0 Å². The van der Waals surface area contributed by atoms with Crippen molar-refractivity contribution in [2.45, 2.75) is 56.5 Å². The fraction of sp³-hybridized carbons (Fsp3) is 0.464. The largest absolute Gasteiger partial charge is 0.394 e. The first-order valence-electron chi connectivity index (χ1n) is 12.3. The maximum Gasteiger partial charge on any atom is 0.242 e. The third-order valence-corrected chi connectivity index (χ3v) is 7.56. The van der Waals surface area contributed by atoms with E-state index in [1.165, 1.54) is 25.7 Å². The highest BCUT2D eigenvalue weighted by atomic mass is 16.3. The number of carbonyl (C=O) groups is 2. The van der Waals surface area contributed by atoms with Gasteiger partial charge in [0.2, 0.25) is 11.8 Å². The molecule has 0 spiro atoms. The van der Waals surface area contributed by atoms with Gasteiger partial charge in [0.05, 0.1) is 31.7 Å². The molecule has 3 heterocycles. The molecule has 2 aliphatic heterocycles. The van der Waals surface area contributed by atoms with Gasteiger partial charge < -0.3 is 14.9 Å². The Labute approximate surface area is 201 Å². The van der Waals surface area contributed by atoms with Gasteiger partial charge in [-0.15, -0.1) is 0 Å². The lowest BCUT2D eigenvalue weighted by atomic mass is 9.73. The summed E-state index contributed by atoms with van der Waals surface area (Å²) in [5.41, 5.74) is 2.77. The molecule has 0 unspecified atom stereocenters. The van der Waals surface area contributed by atoms with Crippen molar-refractivity contribution in [3.8, 4) is 11.8 Å². The number of fused-ring (bicyclic) bond motifs is 1. The number of pyridine rings is 1. The quantitative estimate of drug-likeness (QED) is 0.701. The number of nitrogens with zero attached hydrogens (tertiary/aromatic N) is 3. The number of aliphatic hydroxyl groups is 1. The van der Waals surface area contributed by atoms with Gasteiger partial charge in [-0.1, -0.05) is 42.9 Å². The van der Waals surface area contributed by atoms with E-state index in [1.54, 1.807) is 16.0 Å². The summed E-state index contributed by atoms with van der Waals surface area (Å²) in [7, 11) is 0. The number of benzene rings is 1. The monoisotopic (exact) mass is 457 g/mol. The van der Waals surface area contributed by atoms with E-state index in [-0.39, 0.29) is 49.4 Å². The Hall–Kier alpha value is -3.17. The maximum atomic E-state index is 12.9. The topological polar surface area (TPSA) is 73.7 Å². The number of hydrogen-bond donors (Lipinski definition) is 1. The first kappa shape index (κ1) is 22.6. The predicted octanol–water partition coefficient (Wildman–Crippen LogP) is 2.75. The number of rotatable bonds is 5. The first-order valence-corrected chi connectivity index (χ1v) is 12.3. The lowest BCUT2D eigenvalue weighted by molar-refractivity contribution is -0.166. The molecule has 1 aromatic heterocycles. The lowest BCUT2D eigenvalue weighted by Crippen LogP contribution is -2.73. The molecule has 3 fully saturated rings. The molecule has 2 saturated heterocycles. The molecule has 3 atom stereocenters. The molecule has 1 aromatic carbocycles. The van der Waals surface area contributed by atoms with Crippen LogP contribution in [0.2, 0.25) is 0 Å². The van der Waals surface area contributed by atoms with Crippen LogP contribution in [0.5, 0.6) is 0 Å². The van der Waals surface area contributed by atoms with Gasteiger partial charge in [-0.2, -0.15) is 0 Å². The van der Waals surface area contributed by atoms with Crippen LogP contribution >= 0.6 is 0 Å². The van der Waals surface area contributed by atoms with Crippen LogP contribution in [0.4, 0.5) is 0 Å². The summed E-state index contributed by atoms with van der Waals surface area (Å²) in [6.07, 6.45) is 8.10. The molecule has 0 radical (unpaired) electrons. The van der Waals surface area contributed by atoms with Gasteiger partial charge in [-0.3, -0.25) is 14.6 Å². The fourth-order valence-electron chi connectivity index (χ4n) is 5.76. The fourth-order valence-corrected chi connectivity index (χ4v) is 5.76. The van der Waals surface area contributed by atoms with E-state index in [0.29, 0.717) is 12.2 Å². The van der Waals surface area contributed by atoms with Crippen LogP contribution in [0.3, 0.4) is 0 Å². The SMILES string of the molecule is O=C(Cc1ccccn1)N1CC(=O)N2[C@H](C1)[C@@H](c1ccc(C#CCC3CCCC3)cc1)[C@@H]2CO. The zero-order valence-corrected chi connectivity index (χ0v) is 19.4. The first-order chi connectivity index (χ1) is 16.6. The van der Waals surface area contributed by atoms with Crippen molar-refractivity contribution in [3.63, 3.8) is 0 Å². The Morgan fingerprint density at radius 3 is 2.62 bits per heavy atom. The van der Waals surface area contributed by atoms with Gasteiger partial charge in [0, 0.05) is 36.3 Å². The molecular weight excluding hydrogens is 426 g/mol. The molecule has 34 heavy (non-hydrogen) atoms. The van der Waals surface area contributed by atoms with Crippen LogP contribution in [-0.4, -0.2) is 63.5 Å². The van der Waals surface area contributed by atoms with Gasteiger partial charge in [0.25, 0.3) is 0 Å². The average Bonchev–Trinajstić information content (AvgIpc) is 3.35. The summed E-state index contributed by atoms with van der Waals surface area (Å²) in [4.78, 5) is 33.4. The van der Waals surface area contributed by atoms with Crippen LogP contribution in [-0.2, 0) is 16.0 Å². The van der Waals surface area contributed by atoms with Crippen molar-refractivity contribution in [1.29, 1.82) is 0 Å². The van der Waals surface area contributed by atoms with E-state index >= 15 is 0 Å². The van der Waals surface area contributed by atoms with Crippen molar-refractivity contribution in [2.75, 3.05) is 19.7 Å². The normalized spacial score (nSPS) is 24.3. The van der Waals surface area contributed by atoms with Crippen molar-refractivity contribution in [1.82, 2.24) is 14.8 Å². The molecule has 1 N–H and O–H groups in total. The third-order valence-electron chi connectivity index (χ3n) is 7.56. The van der Waals surface area contributed by atoms with E-state index in [0.717, 1.165) is 23.5 Å². The number of aliphatic hydroxyl groups excluding tert-OH is 1. The van der Waals surface area contributed by atoms with Crippen LogP contribution in [0, 0.1) is 17.8 Å². The summed E-state index contributed by atoms with van der Waals surface area (Å²) in [5, 5.41) is 10.0. The summed E-state index contributed by atoms with van der Waals surface area (Å²) in [6, 6.07) is 13.3. The molecule has 6 nitrogen and oxygen atoms in total. The van der Waals surface area contributed by atoms with Crippen LogP contribution in [0.15, 0.2) is 48.7 Å². The second-order valence-corrected chi connectivity index (χ2v) is 9.69. The lowest BCUT2D eigenvalue weighted by Gasteiger charge is -2.58. The van der Waals surface area contributed by atoms with E-state index in [9.17, 15) is 14.7 Å². The highest BCUT2D eigenvalue weighted by molar-refractivity contribution is 5.88. The molecule has 176 valence electrons. The summed E-state index contributed by atoms with van der Waals surface area (Å²) >= 11 is 0. The highest BCUT2D eigenvalue weighted by Crippen LogP contribution is 2.43. The Morgan fingerprint density at radius 2 is 1.91 bits per heavy atom. The minimum absolute atomic E-state index is 0.0000942. The van der Waals surface area contributed by atoms with Crippen molar-refractivity contribution >= 4 is 11.8 Å². The minimum Gasteiger partial charge on any atom is -0.394 e. The van der Waals surface area contributed by atoms with E-state index < -0.39 is 0 Å². The second kappa shape index (κ2) is 9.99. The maximum absolute atomic E-state index is 12.9. The molecule has 2 amide bonds. The number of piperazine rings is 1. The standard InChI is InChI=1S/C28H31N3O3/c32-19-25-28(22-13-11-21(12-14-22)9-5-8-20-6-1-2-7-20)24-17-30(18-27(34)31(24)25)26(33)16-23-10-3-4-15-29-23/h3-4,10-15,20,24-25,28,32H,1-2,6-8,16-19H2/t24-,25+,28-/m1/s1. The highest BCUT2D eigenvalue weighted by Gasteiger charge is 2.54. The van der Waals surface area contributed by atoms with Gasteiger partial charge >= 0.3 is 0 Å². The molecule has 5 rings (SSSR count). The summed E-state index contributed by atoms with van der Waals surface area (Å²) < 4.78 is 0. The second-order valence-electron chi connectivity index (χ2n) is 9.69. The Bertz CT molecular complexity index is 1080. The van der Waals surface area contributed by atoms with Crippen LogP contribution in [0.1, 0.15) is 54.8 Å². The molecule has 2 aromatic rings. The average molecular weight is 458 g/mol. The molecule has 1 aliphatic carbocycles. The third kappa shape index (κ3) is 4.58. The number of hydrogen-bond acceptors (Lipinski definition) is 4. The van der Waals surface area contributed by atoms with Gasteiger partial charge in [0.15, 0.2) is 0 Å². The Morgan fingerprint density at radius 1 is 1.12 bits per heavy atom. The van der Waals surface area contributed by atoms with Crippen LogP contribution < -0.4 is 0 Å². The predicted molar refractivity (Wildman–Crippen MR) is 129 cm³/mol. The molecule has 3 aliphatic rings. The zero-order chi connectivity index (χ0) is 23.5.